The number of aryl methyl sites for hydroxylation is 2. The molecule has 1 amide bonds. The van der Waals surface area contributed by atoms with Gasteiger partial charge in [-0.2, -0.15) is 0 Å². The number of rotatable bonds is 7. The van der Waals surface area contributed by atoms with E-state index in [1.165, 1.54) is 0 Å². The van der Waals surface area contributed by atoms with Gasteiger partial charge in [-0.25, -0.2) is 0 Å². The molecule has 0 saturated carbocycles. The quantitative estimate of drug-likeness (QED) is 0.752. The van der Waals surface area contributed by atoms with Crippen molar-refractivity contribution in [1.82, 2.24) is 10.1 Å². The second-order valence-corrected chi connectivity index (χ2v) is 4.65. The molecule has 0 atom stereocenters. The van der Waals surface area contributed by atoms with Crippen LogP contribution in [0.25, 0.3) is 0 Å². The molecule has 0 aromatic carbocycles. The van der Waals surface area contributed by atoms with E-state index in [1.807, 2.05) is 20.9 Å². The molecule has 0 aliphatic carbocycles. The first-order chi connectivity index (χ1) is 8.56. The third-order valence-corrected chi connectivity index (χ3v) is 3.10. The number of carbonyl (C=O) groups excluding carboxylic acids is 1. The van der Waals surface area contributed by atoms with Crippen molar-refractivity contribution in [2.45, 2.75) is 46.1 Å². The Morgan fingerprint density at radius 3 is 2.61 bits per heavy atom. The van der Waals surface area contributed by atoms with Crippen LogP contribution in [0, 0.1) is 13.8 Å². The van der Waals surface area contributed by atoms with E-state index < -0.39 is 0 Å². The number of hydrogen-bond donors (Lipinski definition) is 1. The first kappa shape index (κ1) is 14.7. The van der Waals surface area contributed by atoms with Crippen molar-refractivity contribution in [2.24, 2.45) is 5.73 Å². The number of aromatic nitrogens is 1. The SMILES string of the molecule is Cc1noc(C)c1CN(C)C(=O)CCCCCN. The number of carbonyl (C=O) groups is 1. The molecule has 1 heterocycles. The van der Waals surface area contributed by atoms with Crippen LogP contribution >= 0.6 is 0 Å². The van der Waals surface area contributed by atoms with Gasteiger partial charge in [0, 0.05) is 19.0 Å². The smallest absolute Gasteiger partial charge is 0.222 e. The molecule has 0 aliphatic rings. The summed E-state index contributed by atoms with van der Waals surface area (Å²) in [5.41, 5.74) is 7.28. The fourth-order valence-electron chi connectivity index (χ4n) is 1.84. The highest BCUT2D eigenvalue weighted by molar-refractivity contribution is 5.75. The van der Waals surface area contributed by atoms with Crippen molar-refractivity contribution in [3.05, 3.63) is 17.0 Å². The molecule has 5 nitrogen and oxygen atoms in total. The Hall–Kier alpha value is -1.36. The van der Waals surface area contributed by atoms with Gasteiger partial charge in [0.25, 0.3) is 0 Å². The molecule has 1 aromatic rings. The second kappa shape index (κ2) is 7.16. The summed E-state index contributed by atoms with van der Waals surface area (Å²) in [4.78, 5) is 13.6. The normalized spacial score (nSPS) is 10.7. The molecule has 1 rings (SSSR count). The number of amides is 1. The van der Waals surface area contributed by atoms with Crippen molar-refractivity contribution in [3.8, 4) is 0 Å². The molecule has 18 heavy (non-hydrogen) atoms. The zero-order valence-corrected chi connectivity index (χ0v) is 11.5. The summed E-state index contributed by atoms with van der Waals surface area (Å²) in [6, 6.07) is 0. The minimum absolute atomic E-state index is 0.159. The van der Waals surface area contributed by atoms with E-state index >= 15 is 0 Å². The molecule has 0 fully saturated rings. The predicted octanol–water partition coefficient (Wildman–Crippen LogP) is 1.77. The van der Waals surface area contributed by atoms with E-state index in [1.54, 1.807) is 4.90 Å². The van der Waals surface area contributed by atoms with E-state index in [4.69, 9.17) is 10.3 Å². The molecule has 0 spiro atoms. The van der Waals surface area contributed by atoms with Crippen molar-refractivity contribution in [1.29, 1.82) is 0 Å². The molecule has 102 valence electrons. The Labute approximate surface area is 108 Å². The minimum atomic E-state index is 0.159. The summed E-state index contributed by atoms with van der Waals surface area (Å²) in [7, 11) is 1.82. The molecule has 1 aromatic heterocycles. The van der Waals surface area contributed by atoms with E-state index in [9.17, 15) is 4.79 Å². The first-order valence-electron chi connectivity index (χ1n) is 6.42. The van der Waals surface area contributed by atoms with Crippen LogP contribution in [0.4, 0.5) is 0 Å². The van der Waals surface area contributed by atoms with Gasteiger partial charge < -0.3 is 15.2 Å². The van der Waals surface area contributed by atoms with Gasteiger partial charge in [0.15, 0.2) is 0 Å². The Kier molecular flexibility index (Phi) is 5.85. The molecule has 0 unspecified atom stereocenters. The summed E-state index contributed by atoms with van der Waals surface area (Å²) in [6.07, 6.45) is 3.49. The van der Waals surface area contributed by atoms with Crippen LogP contribution in [0.2, 0.25) is 0 Å². The maximum atomic E-state index is 11.9. The first-order valence-corrected chi connectivity index (χ1v) is 6.42. The summed E-state index contributed by atoms with van der Waals surface area (Å²) in [5.74, 6) is 0.947. The molecule has 0 radical (unpaired) electrons. The summed E-state index contributed by atoms with van der Waals surface area (Å²) in [5, 5.41) is 3.89. The molecular weight excluding hydrogens is 230 g/mol. The summed E-state index contributed by atoms with van der Waals surface area (Å²) < 4.78 is 5.09. The highest BCUT2D eigenvalue weighted by Crippen LogP contribution is 2.15. The largest absolute Gasteiger partial charge is 0.361 e. The Balaban J connectivity index is 2.40. The molecule has 5 heteroatoms. The van der Waals surface area contributed by atoms with Gasteiger partial charge in [-0.1, -0.05) is 11.6 Å². The lowest BCUT2D eigenvalue weighted by atomic mass is 10.1. The van der Waals surface area contributed by atoms with Gasteiger partial charge in [0.05, 0.1) is 12.2 Å². The van der Waals surface area contributed by atoms with Crippen LogP contribution in [0.15, 0.2) is 4.52 Å². The lowest BCUT2D eigenvalue weighted by Gasteiger charge is -2.16. The topological polar surface area (TPSA) is 72.4 Å². The third-order valence-electron chi connectivity index (χ3n) is 3.10. The highest BCUT2D eigenvalue weighted by atomic mass is 16.5. The monoisotopic (exact) mass is 253 g/mol. The zero-order valence-electron chi connectivity index (χ0n) is 11.5. The Morgan fingerprint density at radius 2 is 2.06 bits per heavy atom. The van der Waals surface area contributed by atoms with E-state index in [0.717, 1.165) is 36.3 Å². The average Bonchev–Trinajstić information content (AvgIpc) is 2.66. The molecule has 2 N–H and O–H groups in total. The number of nitrogens with zero attached hydrogens (tertiary/aromatic N) is 2. The fourth-order valence-corrected chi connectivity index (χ4v) is 1.84. The lowest BCUT2D eigenvalue weighted by molar-refractivity contribution is -0.130. The standard InChI is InChI=1S/C13H23N3O2/c1-10-12(11(2)18-15-10)9-16(3)13(17)7-5-4-6-8-14/h4-9,14H2,1-3H3. The Morgan fingerprint density at radius 1 is 1.33 bits per heavy atom. The van der Waals surface area contributed by atoms with E-state index in [-0.39, 0.29) is 5.91 Å². The van der Waals surface area contributed by atoms with Gasteiger partial charge >= 0.3 is 0 Å². The maximum absolute atomic E-state index is 11.9. The van der Waals surface area contributed by atoms with Crippen LogP contribution in [-0.4, -0.2) is 29.6 Å². The average molecular weight is 253 g/mol. The van der Waals surface area contributed by atoms with Crippen LogP contribution in [0.3, 0.4) is 0 Å². The zero-order chi connectivity index (χ0) is 13.5. The number of unbranched alkanes of at least 4 members (excludes halogenated alkanes) is 2. The van der Waals surface area contributed by atoms with Crippen molar-refractivity contribution < 1.29 is 9.32 Å². The Bertz CT molecular complexity index is 368. The van der Waals surface area contributed by atoms with Crippen LogP contribution in [0.5, 0.6) is 0 Å². The van der Waals surface area contributed by atoms with Crippen LogP contribution < -0.4 is 5.73 Å². The second-order valence-electron chi connectivity index (χ2n) is 4.65. The maximum Gasteiger partial charge on any atom is 0.222 e. The fraction of sp³-hybridized carbons (Fsp3) is 0.692. The van der Waals surface area contributed by atoms with Gasteiger partial charge in [-0.05, 0) is 33.2 Å². The van der Waals surface area contributed by atoms with E-state index in [0.29, 0.717) is 19.5 Å². The molecule has 0 bridgehead atoms. The molecule has 0 aliphatic heterocycles. The third kappa shape index (κ3) is 4.14. The van der Waals surface area contributed by atoms with Crippen molar-refractivity contribution >= 4 is 5.91 Å². The molecule has 0 saturated heterocycles. The molecular formula is C13H23N3O2. The van der Waals surface area contributed by atoms with E-state index in [2.05, 4.69) is 5.16 Å². The van der Waals surface area contributed by atoms with Gasteiger partial charge in [0.2, 0.25) is 5.91 Å². The van der Waals surface area contributed by atoms with Crippen molar-refractivity contribution in [3.63, 3.8) is 0 Å². The predicted molar refractivity (Wildman–Crippen MR) is 70.0 cm³/mol. The number of nitrogens with two attached hydrogens (primary N) is 1. The summed E-state index contributed by atoms with van der Waals surface area (Å²) >= 11 is 0. The van der Waals surface area contributed by atoms with Gasteiger partial charge in [-0.15, -0.1) is 0 Å². The minimum Gasteiger partial charge on any atom is -0.361 e. The highest BCUT2D eigenvalue weighted by Gasteiger charge is 2.14. The summed E-state index contributed by atoms with van der Waals surface area (Å²) in [6.45, 7) is 5.03. The number of hydrogen-bond acceptors (Lipinski definition) is 4. The van der Waals surface area contributed by atoms with Gasteiger partial charge in [0.1, 0.15) is 5.76 Å². The lowest BCUT2D eigenvalue weighted by Crippen LogP contribution is -2.26. The van der Waals surface area contributed by atoms with Crippen LogP contribution in [0.1, 0.15) is 42.7 Å². The van der Waals surface area contributed by atoms with Crippen molar-refractivity contribution in [2.75, 3.05) is 13.6 Å². The van der Waals surface area contributed by atoms with Crippen LogP contribution in [-0.2, 0) is 11.3 Å². The van der Waals surface area contributed by atoms with Gasteiger partial charge in [-0.3, -0.25) is 4.79 Å².